The topological polar surface area (TPSA) is 85.2 Å². The Balaban J connectivity index is 1.93. The first-order valence-corrected chi connectivity index (χ1v) is 8.20. The van der Waals surface area contributed by atoms with Crippen molar-refractivity contribution < 1.29 is 29.2 Å². The van der Waals surface area contributed by atoms with Crippen LogP contribution in [0.5, 0.6) is 34.5 Å². The van der Waals surface area contributed by atoms with Crippen LogP contribution in [0.2, 0.25) is 5.02 Å². The van der Waals surface area contributed by atoms with Crippen molar-refractivity contribution in [1.29, 1.82) is 0 Å². The van der Waals surface area contributed by atoms with Crippen molar-refractivity contribution in [1.82, 2.24) is 0 Å². The Labute approximate surface area is 160 Å². The molecule has 3 rings (SSSR count). The summed E-state index contributed by atoms with van der Waals surface area (Å²) in [6.07, 6.45) is 0. The third kappa shape index (κ3) is 4.24. The monoisotopic (exact) mass is 386 g/mol. The van der Waals surface area contributed by atoms with E-state index < -0.39 is 5.97 Å². The lowest BCUT2D eigenvalue weighted by Gasteiger charge is -2.13. The number of rotatable bonds is 6. The second-order valence-corrected chi connectivity index (χ2v) is 5.84. The minimum Gasteiger partial charge on any atom is -0.504 e. The summed E-state index contributed by atoms with van der Waals surface area (Å²) >= 11 is 6.11. The molecule has 27 heavy (non-hydrogen) atoms. The molecular weight excluding hydrogens is 372 g/mol. The maximum Gasteiger partial charge on any atom is 0.339 e. The van der Waals surface area contributed by atoms with Gasteiger partial charge in [0, 0.05) is 6.07 Å². The smallest absolute Gasteiger partial charge is 0.339 e. The molecule has 0 amide bonds. The Hall–Kier alpha value is -3.38. The zero-order valence-electron chi connectivity index (χ0n) is 14.2. The fourth-order valence-corrected chi connectivity index (χ4v) is 2.46. The van der Waals surface area contributed by atoms with Crippen molar-refractivity contribution >= 4 is 17.6 Å². The summed E-state index contributed by atoms with van der Waals surface area (Å²) in [6, 6.07) is 15.5. The average molecular weight is 387 g/mol. The van der Waals surface area contributed by atoms with E-state index in [1.54, 1.807) is 36.4 Å². The van der Waals surface area contributed by atoms with E-state index in [4.69, 9.17) is 25.8 Å². The lowest BCUT2D eigenvalue weighted by Crippen LogP contribution is -2.01. The van der Waals surface area contributed by atoms with E-state index >= 15 is 0 Å². The summed E-state index contributed by atoms with van der Waals surface area (Å²) in [4.78, 5) is 11.6. The minimum atomic E-state index is -1.20. The number of para-hydroxylation sites is 2. The van der Waals surface area contributed by atoms with Crippen LogP contribution >= 0.6 is 11.6 Å². The summed E-state index contributed by atoms with van der Waals surface area (Å²) in [6.45, 7) is 0. The molecule has 0 spiro atoms. The highest BCUT2D eigenvalue weighted by Gasteiger charge is 2.16. The van der Waals surface area contributed by atoms with E-state index in [0.717, 1.165) is 0 Å². The van der Waals surface area contributed by atoms with Crippen LogP contribution in [0, 0.1) is 0 Å². The van der Waals surface area contributed by atoms with E-state index in [1.807, 2.05) is 0 Å². The van der Waals surface area contributed by atoms with Gasteiger partial charge in [-0.1, -0.05) is 23.7 Å². The number of hydrogen-bond donors (Lipinski definition) is 2. The number of carboxylic acids is 1. The van der Waals surface area contributed by atoms with Crippen LogP contribution in [0.4, 0.5) is 0 Å². The summed E-state index contributed by atoms with van der Waals surface area (Å²) in [5, 5.41) is 19.6. The molecule has 0 aliphatic rings. The fraction of sp³-hybridized carbons (Fsp3) is 0.0500. The number of phenolic OH excluding ortho intramolecular Hbond substituents is 1. The Morgan fingerprint density at radius 2 is 1.63 bits per heavy atom. The summed E-state index contributed by atoms with van der Waals surface area (Å²) in [5.74, 6) is 0.0434. The predicted octanol–water partition coefficient (Wildman–Crippen LogP) is 5.34. The number of aromatic hydroxyl groups is 1. The van der Waals surface area contributed by atoms with Crippen molar-refractivity contribution in [3.8, 4) is 34.5 Å². The number of carbonyl (C=O) groups is 1. The van der Waals surface area contributed by atoms with E-state index in [9.17, 15) is 15.0 Å². The van der Waals surface area contributed by atoms with E-state index in [0.29, 0.717) is 10.8 Å². The molecule has 138 valence electrons. The SMILES string of the molecule is COc1ccc(Cl)c(Oc2ccc(Oc3ccccc3O)cc2C(=O)O)c1. The molecule has 3 aromatic carbocycles. The molecule has 0 fully saturated rings. The number of aromatic carboxylic acids is 1. The van der Waals surface area contributed by atoms with Gasteiger partial charge in [0.1, 0.15) is 28.6 Å². The lowest BCUT2D eigenvalue weighted by atomic mass is 10.2. The molecule has 0 atom stereocenters. The van der Waals surface area contributed by atoms with Crippen LogP contribution in [0.3, 0.4) is 0 Å². The summed E-state index contributed by atoms with van der Waals surface area (Å²) < 4.78 is 16.3. The van der Waals surface area contributed by atoms with Gasteiger partial charge >= 0.3 is 5.97 Å². The van der Waals surface area contributed by atoms with E-state index in [-0.39, 0.29) is 34.3 Å². The number of hydrogen-bond acceptors (Lipinski definition) is 5. The van der Waals surface area contributed by atoms with Gasteiger partial charge in [0.15, 0.2) is 11.5 Å². The molecule has 0 saturated heterocycles. The first kappa shape index (κ1) is 18.4. The molecule has 0 radical (unpaired) electrons. The standard InChI is InChI=1S/C20H15ClO6/c1-25-12-6-8-15(21)19(11-12)27-17-9-7-13(10-14(17)20(23)24)26-18-5-3-2-4-16(18)22/h2-11,22H,1H3,(H,23,24). The van der Waals surface area contributed by atoms with Gasteiger partial charge in [0.2, 0.25) is 0 Å². The van der Waals surface area contributed by atoms with Crippen LogP contribution in [0.1, 0.15) is 10.4 Å². The van der Waals surface area contributed by atoms with Gasteiger partial charge in [0.05, 0.1) is 12.1 Å². The molecule has 0 aliphatic carbocycles. The highest BCUT2D eigenvalue weighted by molar-refractivity contribution is 6.32. The van der Waals surface area contributed by atoms with Crippen molar-refractivity contribution in [3.05, 3.63) is 71.2 Å². The quantitative estimate of drug-likeness (QED) is 0.595. The second-order valence-electron chi connectivity index (χ2n) is 5.43. The Bertz CT molecular complexity index is 986. The van der Waals surface area contributed by atoms with Crippen LogP contribution in [-0.4, -0.2) is 23.3 Å². The molecule has 6 nitrogen and oxygen atoms in total. The first-order valence-electron chi connectivity index (χ1n) is 7.82. The van der Waals surface area contributed by atoms with Crippen molar-refractivity contribution in [2.75, 3.05) is 7.11 Å². The molecule has 0 aliphatic heterocycles. The van der Waals surface area contributed by atoms with Gasteiger partial charge in [-0.3, -0.25) is 0 Å². The normalized spacial score (nSPS) is 10.3. The lowest BCUT2D eigenvalue weighted by molar-refractivity contribution is 0.0694. The van der Waals surface area contributed by atoms with Crippen LogP contribution in [-0.2, 0) is 0 Å². The molecule has 0 bridgehead atoms. The molecule has 0 aromatic heterocycles. The van der Waals surface area contributed by atoms with Gasteiger partial charge in [-0.25, -0.2) is 4.79 Å². The molecular formula is C20H15ClO6. The summed E-state index contributed by atoms with van der Waals surface area (Å²) in [5.41, 5.74) is -0.123. The average Bonchev–Trinajstić information content (AvgIpc) is 2.66. The highest BCUT2D eigenvalue weighted by atomic mass is 35.5. The molecule has 2 N–H and O–H groups in total. The third-order valence-electron chi connectivity index (χ3n) is 3.63. The van der Waals surface area contributed by atoms with Crippen molar-refractivity contribution in [3.63, 3.8) is 0 Å². The van der Waals surface area contributed by atoms with Gasteiger partial charge < -0.3 is 24.4 Å². The molecule has 0 saturated carbocycles. The number of phenols is 1. The van der Waals surface area contributed by atoms with Crippen LogP contribution in [0.15, 0.2) is 60.7 Å². The van der Waals surface area contributed by atoms with Gasteiger partial charge in [-0.15, -0.1) is 0 Å². The molecule has 7 heteroatoms. The zero-order chi connectivity index (χ0) is 19.4. The Morgan fingerprint density at radius 1 is 0.889 bits per heavy atom. The maximum atomic E-state index is 11.6. The number of benzene rings is 3. The number of carboxylic acid groups (broad SMARTS) is 1. The predicted molar refractivity (Wildman–Crippen MR) is 99.7 cm³/mol. The van der Waals surface area contributed by atoms with Gasteiger partial charge in [-0.05, 0) is 42.5 Å². The largest absolute Gasteiger partial charge is 0.504 e. The Morgan fingerprint density at radius 3 is 2.33 bits per heavy atom. The Kier molecular flexibility index (Phi) is 5.38. The van der Waals surface area contributed by atoms with Crippen LogP contribution < -0.4 is 14.2 Å². The molecule has 3 aromatic rings. The highest BCUT2D eigenvalue weighted by Crippen LogP contribution is 2.37. The maximum absolute atomic E-state index is 11.6. The molecule has 0 unspecified atom stereocenters. The minimum absolute atomic E-state index is 0.0575. The van der Waals surface area contributed by atoms with Crippen molar-refractivity contribution in [2.24, 2.45) is 0 Å². The zero-order valence-corrected chi connectivity index (χ0v) is 14.9. The third-order valence-corrected chi connectivity index (χ3v) is 3.95. The number of ether oxygens (including phenoxy) is 3. The second kappa shape index (κ2) is 7.88. The van der Waals surface area contributed by atoms with Gasteiger partial charge in [-0.2, -0.15) is 0 Å². The van der Waals surface area contributed by atoms with Crippen LogP contribution in [0.25, 0.3) is 0 Å². The fourth-order valence-electron chi connectivity index (χ4n) is 2.31. The molecule has 0 heterocycles. The number of halogens is 1. The van der Waals surface area contributed by atoms with E-state index in [2.05, 4.69) is 0 Å². The van der Waals surface area contributed by atoms with E-state index in [1.165, 1.54) is 31.4 Å². The summed E-state index contributed by atoms with van der Waals surface area (Å²) in [7, 11) is 1.50. The van der Waals surface area contributed by atoms with Gasteiger partial charge in [0.25, 0.3) is 0 Å². The first-order chi connectivity index (χ1) is 13.0. The number of methoxy groups -OCH3 is 1. The van der Waals surface area contributed by atoms with Crippen molar-refractivity contribution in [2.45, 2.75) is 0 Å².